The van der Waals surface area contributed by atoms with Crippen LogP contribution in [0.5, 0.6) is 0 Å². The number of hydrogen-bond donors (Lipinski definition) is 1. The minimum atomic E-state index is 0.519. The molecule has 1 heteroatoms. The molecule has 1 saturated carbocycles. The normalized spacial score (nSPS) is 25.6. The van der Waals surface area contributed by atoms with Crippen molar-refractivity contribution in [1.29, 1.82) is 0 Å². The van der Waals surface area contributed by atoms with E-state index in [4.69, 9.17) is 0 Å². The Balaban J connectivity index is 2.18. The van der Waals surface area contributed by atoms with Crippen molar-refractivity contribution in [2.75, 3.05) is 13.6 Å². The Morgan fingerprint density at radius 2 is 1.80 bits per heavy atom. The molecule has 1 fully saturated rings. The third-order valence-electron chi connectivity index (χ3n) is 5.25. The minimum absolute atomic E-state index is 0.519. The Morgan fingerprint density at radius 1 is 1.15 bits per heavy atom. The third-order valence-corrected chi connectivity index (χ3v) is 5.25. The average molecular weight is 273 g/mol. The van der Waals surface area contributed by atoms with Crippen LogP contribution in [0.4, 0.5) is 0 Å². The lowest BCUT2D eigenvalue weighted by Crippen LogP contribution is -2.36. The van der Waals surface area contributed by atoms with Crippen molar-refractivity contribution in [2.24, 2.45) is 17.3 Å². The van der Waals surface area contributed by atoms with Crippen LogP contribution in [0.25, 0.3) is 0 Å². The number of hydrogen-bond acceptors (Lipinski definition) is 1. The maximum Gasteiger partial charge on any atom is -0.00207 e. The topological polar surface area (TPSA) is 12.0 Å². The summed E-state index contributed by atoms with van der Waals surface area (Å²) in [6.07, 6.45) is 5.38. The maximum atomic E-state index is 3.41. The first-order valence-electron chi connectivity index (χ1n) is 8.12. The van der Waals surface area contributed by atoms with Gasteiger partial charge in [0.25, 0.3) is 0 Å². The van der Waals surface area contributed by atoms with Gasteiger partial charge < -0.3 is 5.32 Å². The zero-order valence-corrected chi connectivity index (χ0v) is 13.9. The first-order valence-corrected chi connectivity index (χ1v) is 8.12. The van der Waals surface area contributed by atoms with E-state index in [1.807, 2.05) is 0 Å². The van der Waals surface area contributed by atoms with Gasteiger partial charge in [0.05, 0.1) is 0 Å². The number of rotatable bonds is 4. The van der Waals surface area contributed by atoms with Crippen molar-refractivity contribution in [2.45, 2.75) is 53.4 Å². The highest BCUT2D eigenvalue weighted by molar-refractivity contribution is 5.34. The van der Waals surface area contributed by atoms with Crippen molar-refractivity contribution < 1.29 is 0 Å². The number of nitrogens with one attached hydrogen (secondary N) is 1. The maximum absolute atomic E-state index is 3.41. The summed E-state index contributed by atoms with van der Waals surface area (Å²) in [5, 5.41) is 3.41. The fourth-order valence-corrected chi connectivity index (χ4v) is 3.99. The molecular weight excluding hydrogens is 242 g/mol. The zero-order chi connectivity index (χ0) is 14.8. The summed E-state index contributed by atoms with van der Waals surface area (Å²) < 4.78 is 0. The van der Waals surface area contributed by atoms with Crippen LogP contribution in [-0.4, -0.2) is 13.6 Å². The van der Waals surface area contributed by atoms with E-state index < -0.39 is 0 Å². The quantitative estimate of drug-likeness (QED) is 0.851. The van der Waals surface area contributed by atoms with Crippen LogP contribution in [0.2, 0.25) is 0 Å². The van der Waals surface area contributed by atoms with Crippen molar-refractivity contribution in [1.82, 2.24) is 5.32 Å². The molecule has 20 heavy (non-hydrogen) atoms. The molecule has 1 N–H and O–H groups in total. The van der Waals surface area contributed by atoms with Crippen molar-refractivity contribution >= 4 is 0 Å². The van der Waals surface area contributed by atoms with Gasteiger partial charge in [-0.15, -0.1) is 0 Å². The van der Waals surface area contributed by atoms with Crippen LogP contribution in [0.15, 0.2) is 18.2 Å². The van der Waals surface area contributed by atoms with E-state index >= 15 is 0 Å². The molecule has 0 spiro atoms. The second-order valence-corrected chi connectivity index (χ2v) is 7.56. The van der Waals surface area contributed by atoms with Crippen LogP contribution in [-0.2, 0) is 6.42 Å². The van der Waals surface area contributed by atoms with E-state index in [0.29, 0.717) is 5.41 Å². The van der Waals surface area contributed by atoms with Gasteiger partial charge in [-0.2, -0.15) is 0 Å². The van der Waals surface area contributed by atoms with E-state index in [1.54, 1.807) is 5.56 Å². The van der Waals surface area contributed by atoms with Gasteiger partial charge in [-0.25, -0.2) is 0 Å². The van der Waals surface area contributed by atoms with Crippen LogP contribution in [0.1, 0.15) is 49.8 Å². The minimum Gasteiger partial charge on any atom is -0.319 e. The summed E-state index contributed by atoms with van der Waals surface area (Å²) in [6, 6.07) is 6.72. The summed E-state index contributed by atoms with van der Waals surface area (Å²) in [4.78, 5) is 0. The Bertz CT molecular complexity index is 427. The van der Waals surface area contributed by atoms with Gasteiger partial charge in [0, 0.05) is 0 Å². The van der Waals surface area contributed by atoms with Gasteiger partial charge >= 0.3 is 0 Å². The largest absolute Gasteiger partial charge is 0.319 e. The summed E-state index contributed by atoms with van der Waals surface area (Å²) in [7, 11) is 2.09. The van der Waals surface area contributed by atoms with Gasteiger partial charge in [-0.05, 0) is 87.1 Å². The second-order valence-electron chi connectivity index (χ2n) is 7.56. The summed E-state index contributed by atoms with van der Waals surface area (Å²) in [5.41, 5.74) is 5.05. The monoisotopic (exact) mass is 273 g/mol. The van der Waals surface area contributed by atoms with Gasteiger partial charge in [-0.3, -0.25) is 0 Å². The Hall–Kier alpha value is -0.820. The first kappa shape index (κ1) is 15.6. The van der Waals surface area contributed by atoms with Gasteiger partial charge in [0.15, 0.2) is 0 Å². The lowest BCUT2D eigenvalue weighted by molar-refractivity contribution is 0.117. The molecule has 1 aromatic rings. The first-order chi connectivity index (χ1) is 9.43. The van der Waals surface area contributed by atoms with Crippen LogP contribution in [0.3, 0.4) is 0 Å². The second kappa shape index (κ2) is 6.30. The van der Waals surface area contributed by atoms with Crippen molar-refractivity contribution in [3.63, 3.8) is 0 Å². The molecule has 0 radical (unpaired) electrons. The Morgan fingerprint density at radius 3 is 2.40 bits per heavy atom. The molecule has 0 heterocycles. The van der Waals surface area contributed by atoms with Crippen LogP contribution < -0.4 is 5.32 Å². The molecule has 0 bridgehead atoms. The van der Waals surface area contributed by atoms with Crippen LogP contribution in [0, 0.1) is 31.1 Å². The Kier molecular flexibility index (Phi) is 4.90. The van der Waals surface area contributed by atoms with E-state index in [-0.39, 0.29) is 0 Å². The summed E-state index contributed by atoms with van der Waals surface area (Å²) >= 11 is 0. The molecule has 1 nitrogen and oxygen atoms in total. The third kappa shape index (κ3) is 3.63. The molecule has 1 aromatic carbocycles. The van der Waals surface area contributed by atoms with Gasteiger partial charge in [0.2, 0.25) is 0 Å². The molecule has 2 atom stereocenters. The molecule has 0 saturated heterocycles. The lowest BCUT2D eigenvalue weighted by atomic mass is 9.65. The molecule has 1 aliphatic rings. The number of aryl methyl sites for hydroxylation is 2. The molecule has 0 amide bonds. The fourth-order valence-electron chi connectivity index (χ4n) is 3.99. The van der Waals surface area contributed by atoms with Crippen molar-refractivity contribution in [3.8, 4) is 0 Å². The molecule has 1 aliphatic carbocycles. The molecule has 0 aromatic heterocycles. The zero-order valence-electron chi connectivity index (χ0n) is 13.9. The molecule has 2 rings (SSSR count). The van der Waals surface area contributed by atoms with Gasteiger partial charge in [0.1, 0.15) is 0 Å². The highest BCUT2D eigenvalue weighted by atomic mass is 14.8. The highest BCUT2D eigenvalue weighted by Crippen LogP contribution is 2.43. The predicted molar refractivity (Wildman–Crippen MR) is 88.2 cm³/mol. The molecular formula is C19H31N. The molecule has 112 valence electrons. The fraction of sp³-hybridized carbons (Fsp3) is 0.684. The molecule has 2 unspecified atom stereocenters. The average Bonchev–Trinajstić information content (AvgIpc) is 2.37. The van der Waals surface area contributed by atoms with Crippen molar-refractivity contribution in [3.05, 3.63) is 34.9 Å². The van der Waals surface area contributed by atoms with E-state index in [1.165, 1.54) is 43.4 Å². The predicted octanol–water partition coefficient (Wildman–Crippen LogP) is 4.51. The SMILES string of the molecule is CNCC1CCC(C)(C)CC1Cc1c(C)cccc1C. The Labute approximate surface area is 125 Å². The highest BCUT2D eigenvalue weighted by Gasteiger charge is 2.34. The van der Waals surface area contributed by atoms with E-state index in [0.717, 1.165) is 11.8 Å². The van der Waals surface area contributed by atoms with Gasteiger partial charge in [-0.1, -0.05) is 32.0 Å². The van der Waals surface area contributed by atoms with Crippen LogP contribution >= 0.6 is 0 Å². The summed E-state index contributed by atoms with van der Waals surface area (Å²) in [5.74, 6) is 1.66. The number of benzene rings is 1. The van der Waals surface area contributed by atoms with E-state index in [2.05, 4.69) is 58.3 Å². The smallest absolute Gasteiger partial charge is 0.00207 e. The summed E-state index contributed by atoms with van der Waals surface area (Å²) in [6.45, 7) is 10.6. The van der Waals surface area contributed by atoms with E-state index in [9.17, 15) is 0 Å². The standard InChI is InChI=1S/C19H31N/c1-14-7-6-8-15(2)18(14)11-17-12-19(3,4)10-9-16(17)13-20-5/h6-8,16-17,20H,9-13H2,1-5H3. The molecule has 0 aliphatic heterocycles. The lowest BCUT2D eigenvalue weighted by Gasteiger charge is -2.41.